The van der Waals surface area contributed by atoms with Gasteiger partial charge in [-0.15, -0.1) is 11.8 Å². The SMILES string of the molecule is COc1cc(O)c(O)cc1C(C=Cc1ccccc1)SCCO. The Balaban J connectivity index is 2.34. The first-order chi connectivity index (χ1) is 11.2. The van der Waals surface area contributed by atoms with E-state index in [4.69, 9.17) is 9.84 Å². The molecule has 0 aromatic heterocycles. The van der Waals surface area contributed by atoms with E-state index in [0.29, 0.717) is 11.5 Å². The number of thioether (sulfide) groups is 1. The van der Waals surface area contributed by atoms with Gasteiger partial charge in [-0.1, -0.05) is 42.5 Å². The quantitative estimate of drug-likeness (QED) is 0.676. The second-order valence-corrected chi connectivity index (χ2v) is 6.12. The summed E-state index contributed by atoms with van der Waals surface area (Å²) in [4.78, 5) is 0. The number of hydrogen-bond donors (Lipinski definition) is 3. The number of benzene rings is 2. The van der Waals surface area contributed by atoms with Crippen LogP contribution < -0.4 is 4.74 Å². The number of phenolic OH excluding ortho intramolecular Hbond substituents is 2. The van der Waals surface area contributed by atoms with Crippen molar-refractivity contribution in [2.75, 3.05) is 19.5 Å². The molecule has 1 atom stereocenters. The molecule has 2 rings (SSSR count). The van der Waals surface area contributed by atoms with Crippen molar-refractivity contribution in [2.24, 2.45) is 0 Å². The van der Waals surface area contributed by atoms with Crippen LogP contribution in [0.3, 0.4) is 0 Å². The molecule has 0 amide bonds. The maximum Gasteiger partial charge on any atom is 0.161 e. The summed E-state index contributed by atoms with van der Waals surface area (Å²) in [5.74, 6) is 0.634. The molecule has 0 aliphatic carbocycles. The fourth-order valence-corrected chi connectivity index (χ4v) is 3.08. The molecule has 5 heteroatoms. The molecular formula is C18H20O4S. The number of hydrogen-bond acceptors (Lipinski definition) is 5. The van der Waals surface area contributed by atoms with Crippen LogP contribution >= 0.6 is 11.8 Å². The van der Waals surface area contributed by atoms with Gasteiger partial charge in [0.2, 0.25) is 0 Å². The lowest BCUT2D eigenvalue weighted by molar-refractivity contribution is 0.322. The van der Waals surface area contributed by atoms with Gasteiger partial charge in [0.1, 0.15) is 5.75 Å². The summed E-state index contributed by atoms with van der Waals surface area (Å²) in [5, 5.41) is 28.4. The molecule has 2 aromatic rings. The van der Waals surface area contributed by atoms with E-state index in [9.17, 15) is 10.2 Å². The van der Waals surface area contributed by atoms with E-state index < -0.39 is 0 Å². The third kappa shape index (κ3) is 4.68. The highest BCUT2D eigenvalue weighted by molar-refractivity contribution is 7.99. The van der Waals surface area contributed by atoms with Gasteiger partial charge in [0, 0.05) is 17.4 Å². The molecule has 0 fully saturated rings. The normalized spacial score (nSPS) is 12.4. The number of aromatic hydroxyl groups is 2. The summed E-state index contributed by atoms with van der Waals surface area (Å²) in [6, 6.07) is 12.8. The Morgan fingerprint density at radius 2 is 1.83 bits per heavy atom. The molecule has 0 aliphatic rings. The standard InChI is InChI=1S/C18H20O4S/c1-22-17-12-16(21)15(20)11-14(17)18(23-10-9-19)8-7-13-5-3-2-4-6-13/h2-8,11-12,18-21H,9-10H2,1H3. The van der Waals surface area contributed by atoms with Gasteiger partial charge >= 0.3 is 0 Å². The second kappa shape index (κ2) is 8.50. The summed E-state index contributed by atoms with van der Waals surface area (Å²) >= 11 is 1.53. The lowest BCUT2D eigenvalue weighted by atomic mass is 10.1. The maximum atomic E-state index is 9.79. The fourth-order valence-electron chi connectivity index (χ4n) is 2.16. The number of ether oxygens (including phenoxy) is 1. The molecule has 0 radical (unpaired) electrons. The van der Waals surface area contributed by atoms with E-state index in [1.807, 2.05) is 42.5 Å². The topological polar surface area (TPSA) is 69.9 Å². The second-order valence-electron chi connectivity index (χ2n) is 4.87. The number of aliphatic hydroxyl groups is 1. The minimum atomic E-state index is -0.219. The monoisotopic (exact) mass is 332 g/mol. The molecule has 1 unspecified atom stereocenters. The highest BCUT2D eigenvalue weighted by Crippen LogP contribution is 2.41. The highest BCUT2D eigenvalue weighted by Gasteiger charge is 2.17. The van der Waals surface area contributed by atoms with Gasteiger partial charge < -0.3 is 20.1 Å². The molecular weight excluding hydrogens is 312 g/mol. The van der Waals surface area contributed by atoms with Crippen LogP contribution in [0.4, 0.5) is 0 Å². The van der Waals surface area contributed by atoms with Crippen LogP contribution in [0, 0.1) is 0 Å². The first-order valence-electron chi connectivity index (χ1n) is 7.21. The number of methoxy groups -OCH3 is 1. The molecule has 23 heavy (non-hydrogen) atoms. The van der Waals surface area contributed by atoms with E-state index in [-0.39, 0.29) is 23.4 Å². The fraction of sp³-hybridized carbons (Fsp3) is 0.222. The summed E-state index contributed by atoms with van der Waals surface area (Å²) in [6.07, 6.45) is 3.97. The molecule has 0 spiro atoms. The smallest absolute Gasteiger partial charge is 0.161 e. The summed E-state index contributed by atoms with van der Waals surface area (Å²) in [6.45, 7) is 0.0622. The van der Waals surface area contributed by atoms with E-state index in [2.05, 4.69) is 0 Å². The van der Waals surface area contributed by atoms with Crippen LogP contribution in [0.25, 0.3) is 6.08 Å². The minimum Gasteiger partial charge on any atom is -0.504 e. The minimum absolute atomic E-state index is 0.0622. The van der Waals surface area contributed by atoms with Crippen LogP contribution in [0.2, 0.25) is 0 Å². The average molecular weight is 332 g/mol. The largest absolute Gasteiger partial charge is 0.504 e. The van der Waals surface area contributed by atoms with Crippen molar-refractivity contribution in [3.63, 3.8) is 0 Å². The first kappa shape index (κ1) is 17.2. The Hall–Kier alpha value is -2.11. The third-order valence-corrected chi connectivity index (χ3v) is 4.47. The van der Waals surface area contributed by atoms with Crippen molar-refractivity contribution in [1.29, 1.82) is 0 Å². The molecule has 0 saturated heterocycles. The third-order valence-electron chi connectivity index (χ3n) is 3.29. The molecule has 2 aromatic carbocycles. The van der Waals surface area contributed by atoms with Crippen LogP contribution in [-0.4, -0.2) is 34.8 Å². The molecule has 3 N–H and O–H groups in total. The Labute approximate surface area is 140 Å². The number of aliphatic hydroxyl groups excluding tert-OH is 1. The van der Waals surface area contributed by atoms with Crippen LogP contribution in [-0.2, 0) is 0 Å². The zero-order valence-electron chi connectivity index (χ0n) is 12.8. The van der Waals surface area contributed by atoms with Gasteiger partial charge in [-0.2, -0.15) is 0 Å². The molecule has 4 nitrogen and oxygen atoms in total. The number of phenols is 2. The van der Waals surface area contributed by atoms with Crippen molar-refractivity contribution in [1.82, 2.24) is 0 Å². The average Bonchev–Trinajstić information content (AvgIpc) is 2.58. The Bertz CT molecular complexity index is 656. The van der Waals surface area contributed by atoms with Gasteiger partial charge in [0.05, 0.1) is 19.0 Å². The predicted octanol–water partition coefficient (Wildman–Crippen LogP) is 3.59. The van der Waals surface area contributed by atoms with Crippen molar-refractivity contribution in [3.05, 3.63) is 59.7 Å². The Morgan fingerprint density at radius 1 is 1.13 bits per heavy atom. The number of rotatable bonds is 7. The zero-order valence-corrected chi connectivity index (χ0v) is 13.7. The van der Waals surface area contributed by atoms with Crippen LogP contribution in [0.1, 0.15) is 16.4 Å². The summed E-state index contributed by atoms with van der Waals surface area (Å²) < 4.78 is 5.31. The lowest BCUT2D eigenvalue weighted by Gasteiger charge is -2.17. The highest BCUT2D eigenvalue weighted by atomic mass is 32.2. The molecule has 0 heterocycles. The van der Waals surface area contributed by atoms with E-state index in [1.54, 1.807) is 0 Å². The zero-order chi connectivity index (χ0) is 16.7. The first-order valence-corrected chi connectivity index (χ1v) is 8.26. The molecule has 0 saturated carbocycles. The molecule has 122 valence electrons. The van der Waals surface area contributed by atoms with Gasteiger partial charge in [0.15, 0.2) is 11.5 Å². The van der Waals surface area contributed by atoms with E-state index >= 15 is 0 Å². The Kier molecular flexibility index (Phi) is 6.38. The van der Waals surface area contributed by atoms with E-state index in [1.165, 1.54) is 31.0 Å². The van der Waals surface area contributed by atoms with Gasteiger partial charge in [-0.25, -0.2) is 0 Å². The molecule has 0 bridgehead atoms. The van der Waals surface area contributed by atoms with Crippen molar-refractivity contribution in [2.45, 2.75) is 5.25 Å². The van der Waals surface area contributed by atoms with Gasteiger partial charge in [-0.05, 0) is 11.6 Å². The van der Waals surface area contributed by atoms with Crippen molar-refractivity contribution >= 4 is 17.8 Å². The van der Waals surface area contributed by atoms with Gasteiger partial charge in [-0.3, -0.25) is 0 Å². The maximum absolute atomic E-state index is 9.79. The van der Waals surface area contributed by atoms with Crippen LogP contribution in [0.5, 0.6) is 17.2 Å². The van der Waals surface area contributed by atoms with Crippen LogP contribution in [0.15, 0.2) is 48.5 Å². The lowest BCUT2D eigenvalue weighted by Crippen LogP contribution is -1.98. The summed E-state index contributed by atoms with van der Waals surface area (Å²) in [7, 11) is 1.52. The Morgan fingerprint density at radius 3 is 2.48 bits per heavy atom. The van der Waals surface area contributed by atoms with Crippen molar-refractivity contribution < 1.29 is 20.1 Å². The van der Waals surface area contributed by atoms with Crippen molar-refractivity contribution in [3.8, 4) is 17.2 Å². The summed E-state index contributed by atoms with van der Waals surface area (Å²) in [5.41, 5.74) is 1.80. The molecule has 0 aliphatic heterocycles. The predicted molar refractivity (Wildman–Crippen MR) is 94.1 cm³/mol. The van der Waals surface area contributed by atoms with E-state index in [0.717, 1.165) is 11.1 Å². The van der Waals surface area contributed by atoms with Gasteiger partial charge in [0.25, 0.3) is 0 Å².